The van der Waals surface area contributed by atoms with Crippen LogP contribution in [0.3, 0.4) is 0 Å². The number of hydrogen-bond donors (Lipinski definition) is 0. The van der Waals surface area contributed by atoms with E-state index in [0.717, 1.165) is 89.4 Å². The van der Waals surface area contributed by atoms with Gasteiger partial charge in [-0.05, 0) is 63.2 Å². The van der Waals surface area contributed by atoms with Crippen LogP contribution in [-0.4, -0.2) is 15.0 Å². The number of hydrogen-bond acceptors (Lipinski definition) is 4. The van der Waals surface area contributed by atoms with Crippen molar-refractivity contribution in [3.05, 3.63) is 267 Å². The van der Waals surface area contributed by atoms with E-state index in [1.165, 1.54) is 0 Å². The van der Waals surface area contributed by atoms with Crippen LogP contribution >= 0.6 is 0 Å². The molecule has 0 radical (unpaired) electrons. The fourth-order valence-corrected chi connectivity index (χ4v) is 9.10. The zero-order valence-corrected chi connectivity index (χ0v) is 36.7. The Kier molecular flexibility index (Phi) is 11.3. The van der Waals surface area contributed by atoms with Gasteiger partial charge < -0.3 is 4.90 Å². The van der Waals surface area contributed by atoms with E-state index in [-0.39, 0.29) is 0 Å². The predicted molar refractivity (Wildman–Crippen MR) is 278 cm³/mol. The summed E-state index contributed by atoms with van der Waals surface area (Å²) in [5.74, 6) is 1.72. The molecule has 0 saturated carbocycles. The van der Waals surface area contributed by atoms with Crippen LogP contribution in [0.4, 0.5) is 17.1 Å². The molecule has 0 aliphatic heterocycles. The molecule has 0 amide bonds. The highest BCUT2D eigenvalue weighted by molar-refractivity contribution is 6.15. The summed E-state index contributed by atoms with van der Waals surface area (Å²) in [6.45, 7) is 0. The zero-order chi connectivity index (χ0) is 44.8. The molecule has 67 heavy (non-hydrogen) atoms. The Bertz CT molecular complexity index is 3350. The molecule has 0 spiro atoms. The predicted octanol–water partition coefficient (Wildman–Crippen LogP) is 16.7. The smallest absolute Gasteiger partial charge is 0.166 e. The van der Waals surface area contributed by atoms with Crippen LogP contribution in [0.15, 0.2) is 267 Å². The van der Waals surface area contributed by atoms with Gasteiger partial charge >= 0.3 is 0 Å². The first-order valence-electron chi connectivity index (χ1n) is 22.6. The van der Waals surface area contributed by atoms with Crippen LogP contribution in [0, 0.1) is 0 Å². The second-order valence-electron chi connectivity index (χ2n) is 16.3. The molecular weight excluding hydrogens is 813 g/mol. The quantitative estimate of drug-likeness (QED) is 0.130. The highest BCUT2D eigenvalue weighted by atomic mass is 15.2. The maximum atomic E-state index is 5.60. The summed E-state index contributed by atoms with van der Waals surface area (Å²) in [6, 6.07) is 93.8. The molecule has 0 atom stereocenters. The molecule has 316 valence electrons. The summed E-state index contributed by atoms with van der Waals surface area (Å²) in [7, 11) is 0. The van der Waals surface area contributed by atoms with Gasteiger partial charge in [-0.25, -0.2) is 15.0 Å². The highest BCUT2D eigenvalue weighted by Crippen LogP contribution is 2.58. The fourth-order valence-electron chi connectivity index (χ4n) is 9.10. The summed E-state index contributed by atoms with van der Waals surface area (Å²) in [5.41, 5.74) is 16.3. The summed E-state index contributed by atoms with van der Waals surface area (Å²) in [6.07, 6.45) is 0. The number of aromatic nitrogens is 3. The zero-order valence-electron chi connectivity index (χ0n) is 36.7. The summed E-state index contributed by atoms with van der Waals surface area (Å²) in [5, 5.41) is 0. The molecule has 0 aliphatic rings. The minimum Gasteiger partial charge on any atom is -0.309 e. The van der Waals surface area contributed by atoms with Crippen molar-refractivity contribution in [3.63, 3.8) is 0 Å². The minimum absolute atomic E-state index is 0.552. The van der Waals surface area contributed by atoms with E-state index in [2.05, 4.69) is 235 Å². The third kappa shape index (κ3) is 8.20. The van der Waals surface area contributed by atoms with E-state index in [4.69, 9.17) is 15.0 Å². The molecule has 0 unspecified atom stereocenters. The van der Waals surface area contributed by atoms with Crippen LogP contribution in [0.5, 0.6) is 0 Å². The van der Waals surface area contributed by atoms with Gasteiger partial charge in [0.25, 0.3) is 0 Å². The summed E-state index contributed by atoms with van der Waals surface area (Å²) in [4.78, 5) is 18.9. The van der Waals surface area contributed by atoms with Crippen LogP contribution in [-0.2, 0) is 0 Å². The summed E-state index contributed by atoms with van der Waals surface area (Å²) >= 11 is 0. The largest absolute Gasteiger partial charge is 0.309 e. The van der Waals surface area contributed by atoms with E-state index in [9.17, 15) is 0 Å². The topological polar surface area (TPSA) is 41.9 Å². The van der Waals surface area contributed by atoms with Gasteiger partial charge in [0.15, 0.2) is 17.5 Å². The molecule has 11 rings (SSSR count). The van der Waals surface area contributed by atoms with Gasteiger partial charge in [0.1, 0.15) is 0 Å². The lowest BCUT2D eigenvalue weighted by Gasteiger charge is -2.34. The molecule has 1 heterocycles. The Hall–Kier alpha value is -8.99. The lowest BCUT2D eigenvalue weighted by atomic mass is 9.78. The first-order valence-corrected chi connectivity index (χ1v) is 22.6. The Balaban J connectivity index is 1.41. The minimum atomic E-state index is 0.552. The van der Waals surface area contributed by atoms with Crippen LogP contribution < -0.4 is 4.90 Å². The molecule has 0 saturated heterocycles. The molecule has 0 aliphatic carbocycles. The normalized spacial score (nSPS) is 11.0. The van der Waals surface area contributed by atoms with E-state index >= 15 is 0 Å². The van der Waals surface area contributed by atoms with Crippen molar-refractivity contribution >= 4 is 17.1 Å². The third-order valence-electron chi connectivity index (χ3n) is 12.1. The second-order valence-corrected chi connectivity index (χ2v) is 16.3. The molecule has 1 aromatic heterocycles. The lowest BCUT2D eigenvalue weighted by Crippen LogP contribution is -2.16. The standard InChI is InChI=1S/C63H44N4/c1-9-26-45(27-10-1)52-40-25-43-54(44-52)67(53-41-23-8-24-42-53)60-58(49-34-17-5-18-35-49)56(47-30-13-3-14-31-47)55(46-28-11-2-12-29-46)57(48-32-15-4-16-33-48)59(60)63-65-61(50-36-19-6-20-37-50)64-62(66-63)51-38-21-7-22-39-51/h1-44H. The van der Waals surface area contributed by atoms with Gasteiger partial charge in [-0.2, -0.15) is 0 Å². The molecule has 0 fully saturated rings. The first kappa shape index (κ1) is 40.8. The average Bonchev–Trinajstić information content (AvgIpc) is 3.42. The summed E-state index contributed by atoms with van der Waals surface area (Å²) < 4.78 is 0. The third-order valence-corrected chi connectivity index (χ3v) is 12.1. The van der Waals surface area contributed by atoms with Crippen molar-refractivity contribution in [3.8, 4) is 89.8 Å². The van der Waals surface area contributed by atoms with Gasteiger partial charge in [-0.3, -0.25) is 0 Å². The molecule has 10 aromatic carbocycles. The SMILES string of the molecule is c1ccc(-c2cccc(N(c3ccccc3)c3c(-c4ccccc4)c(-c4ccccc4)c(-c4ccccc4)c(-c4ccccc4)c3-c3nc(-c4ccccc4)nc(-c4ccccc4)n3)c2)cc1. The monoisotopic (exact) mass is 856 g/mol. The number of para-hydroxylation sites is 1. The Morgan fingerprint density at radius 1 is 0.209 bits per heavy atom. The van der Waals surface area contributed by atoms with Gasteiger partial charge in [-0.1, -0.05) is 243 Å². The van der Waals surface area contributed by atoms with E-state index < -0.39 is 0 Å². The van der Waals surface area contributed by atoms with E-state index in [1.807, 2.05) is 36.4 Å². The number of benzene rings is 10. The van der Waals surface area contributed by atoms with Crippen LogP contribution in [0.2, 0.25) is 0 Å². The van der Waals surface area contributed by atoms with Crippen LogP contribution in [0.25, 0.3) is 89.8 Å². The van der Waals surface area contributed by atoms with Crippen molar-refractivity contribution in [2.75, 3.05) is 4.90 Å². The number of nitrogens with zero attached hydrogens (tertiary/aromatic N) is 4. The Labute approximate surface area is 391 Å². The highest BCUT2D eigenvalue weighted by Gasteiger charge is 2.34. The van der Waals surface area contributed by atoms with E-state index in [1.54, 1.807) is 0 Å². The second kappa shape index (κ2) is 18.6. The van der Waals surface area contributed by atoms with Crippen molar-refractivity contribution < 1.29 is 0 Å². The molecular formula is C63H44N4. The number of anilines is 3. The molecule has 4 heteroatoms. The van der Waals surface area contributed by atoms with E-state index in [0.29, 0.717) is 17.5 Å². The molecule has 0 bridgehead atoms. The maximum Gasteiger partial charge on any atom is 0.166 e. The molecule has 11 aromatic rings. The van der Waals surface area contributed by atoms with Gasteiger partial charge in [-0.15, -0.1) is 0 Å². The maximum absolute atomic E-state index is 5.60. The average molecular weight is 857 g/mol. The van der Waals surface area contributed by atoms with Crippen molar-refractivity contribution in [1.29, 1.82) is 0 Å². The fraction of sp³-hybridized carbons (Fsp3) is 0. The molecule has 4 nitrogen and oxygen atoms in total. The first-order chi connectivity index (χ1) is 33.3. The lowest BCUT2D eigenvalue weighted by molar-refractivity contribution is 1.07. The van der Waals surface area contributed by atoms with Gasteiger partial charge in [0.05, 0.1) is 11.3 Å². The van der Waals surface area contributed by atoms with Crippen molar-refractivity contribution in [1.82, 2.24) is 15.0 Å². The Morgan fingerprint density at radius 2 is 0.507 bits per heavy atom. The van der Waals surface area contributed by atoms with Crippen molar-refractivity contribution in [2.45, 2.75) is 0 Å². The van der Waals surface area contributed by atoms with Crippen LogP contribution in [0.1, 0.15) is 0 Å². The number of rotatable bonds is 11. The van der Waals surface area contributed by atoms with Gasteiger partial charge in [0.2, 0.25) is 0 Å². The van der Waals surface area contributed by atoms with Gasteiger partial charge in [0, 0.05) is 39.2 Å². The van der Waals surface area contributed by atoms with Crippen molar-refractivity contribution in [2.24, 2.45) is 0 Å². The Morgan fingerprint density at radius 3 is 0.940 bits per heavy atom. The molecule has 0 N–H and O–H groups in total.